The molecule has 0 bridgehead atoms. The van der Waals surface area contributed by atoms with Gasteiger partial charge in [-0.25, -0.2) is 12.7 Å². The molecule has 1 fully saturated rings. The maximum absolute atomic E-state index is 15.4. The third kappa shape index (κ3) is 5.02. The summed E-state index contributed by atoms with van der Waals surface area (Å²) in [5.74, 6) is -0.809. The lowest BCUT2D eigenvalue weighted by Crippen LogP contribution is -2.59. The monoisotopic (exact) mass is 673 g/mol. The lowest BCUT2D eigenvalue weighted by atomic mass is 9.80. The van der Waals surface area contributed by atoms with Gasteiger partial charge in [-0.05, 0) is 43.7 Å². The number of carbonyl (C=O) groups is 2. The fraction of sp³-hybridized carbons (Fsp3) is 0.375. The number of likely N-dealkylation sites (N-methyl/N-ethyl adjacent to an activating group) is 1. The van der Waals surface area contributed by atoms with Crippen LogP contribution in [-0.2, 0) is 25.2 Å². The SMILES string of the molecule is COc1cc(OC)c(S(=O)(=O)N2C(=O)C(c3cc(C)ccc3OC)(N3C[C@H](O)C[C@H]3C(=O)N(C)C)c3cc(Cl)ccc32)cc1OC. The summed E-state index contributed by atoms with van der Waals surface area (Å²) in [7, 11) is 3.87. The molecule has 2 aliphatic rings. The number of aliphatic hydroxyl groups excluding tert-OH is 1. The van der Waals surface area contributed by atoms with E-state index in [1.165, 1.54) is 63.7 Å². The molecular formula is C32H36ClN3O9S. The van der Waals surface area contributed by atoms with Gasteiger partial charge in [0.05, 0.1) is 46.3 Å². The average molecular weight is 674 g/mol. The second-order valence-electron chi connectivity index (χ2n) is 11.3. The van der Waals surface area contributed by atoms with E-state index < -0.39 is 33.6 Å². The van der Waals surface area contributed by atoms with E-state index in [9.17, 15) is 18.3 Å². The van der Waals surface area contributed by atoms with E-state index in [1.54, 1.807) is 37.2 Å². The Bertz CT molecular complexity index is 1820. The lowest BCUT2D eigenvalue weighted by molar-refractivity contribution is -0.138. The number of sulfonamides is 1. The number of aliphatic hydroxyl groups is 1. The molecular weight excluding hydrogens is 638 g/mol. The van der Waals surface area contributed by atoms with Crippen molar-refractivity contribution in [3.63, 3.8) is 0 Å². The van der Waals surface area contributed by atoms with E-state index in [4.69, 9.17) is 30.5 Å². The van der Waals surface area contributed by atoms with Gasteiger partial charge in [0.15, 0.2) is 17.0 Å². The molecule has 246 valence electrons. The predicted octanol–water partition coefficient (Wildman–Crippen LogP) is 3.19. The van der Waals surface area contributed by atoms with E-state index in [-0.39, 0.29) is 68.6 Å². The molecule has 0 radical (unpaired) electrons. The van der Waals surface area contributed by atoms with Crippen molar-refractivity contribution in [3.05, 3.63) is 70.2 Å². The number of carbonyl (C=O) groups excluding carboxylic acids is 2. The Balaban J connectivity index is 1.89. The van der Waals surface area contributed by atoms with Crippen LogP contribution in [0.4, 0.5) is 5.69 Å². The van der Waals surface area contributed by atoms with Crippen LogP contribution in [0.25, 0.3) is 0 Å². The van der Waals surface area contributed by atoms with Crippen molar-refractivity contribution in [2.75, 3.05) is 53.4 Å². The molecule has 2 heterocycles. The Morgan fingerprint density at radius 3 is 2.15 bits per heavy atom. The van der Waals surface area contributed by atoms with Gasteiger partial charge in [-0.1, -0.05) is 23.2 Å². The Morgan fingerprint density at radius 1 is 0.913 bits per heavy atom. The maximum Gasteiger partial charge on any atom is 0.274 e. The van der Waals surface area contributed by atoms with Crippen LogP contribution in [0.2, 0.25) is 5.02 Å². The molecule has 3 aromatic rings. The number of fused-ring (bicyclic) bond motifs is 1. The number of anilines is 1. The zero-order valence-corrected chi connectivity index (χ0v) is 28.1. The quantitative estimate of drug-likeness (QED) is 0.361. The lowest BCUT2D eigenvalue weighted by Gasteiger charge is -2.42. The van der Waals surface area contributed by atoms with Crippen LogP contribution < -0.4 is 23.3 Å². The van der Waals surface area contributed by atoms with Crippen molar-refractivity contribution in [1.82, 2.24) is 9.80 Å². The van der Waals surface area contributed by atoms with Crippen LogP contribution in [0.1, 0.15) is 23.1 Å². The molecule has 1 saturated heterocycles. The number of aryl methyl sites for hydroxylation is 1. The Morgan fingerprint density at radius 2 is 1.54 bits per heavy atom. The summed E-state index contributed by atoms with van der Waals surface area (Å²) in [5, 5.41) is 11.2. The highest BCUT2D eigenvalue weighted by atomic mass is 35.5. The van der Waals surface area contributed by atoms with E-state index in [1.807, 2.05) is 6.92 Å². The van der Waals surface area contributed by atoms with Crippen LogP contribution in [0.3, 0.4) is 0 Å². The fourth-order valence-electron chi connectivity index (χ4n) is 6.40. The second-order valence-corrected chi connectivity index (χ2v) is 13.5. The van der Waals surface area contributed by atoms with Crippen molar-refractivity contribution in [3.8, 4) is 23.0 Å². The molecule has 0 aromatic heterocycles. The number of benzene rings is 3. The number of β-amino-alcohol motifs (C(OH)–C–C–N with tert-alkyl or cyclic N) is 1. The third-order valence-corrected chi connectivity index (χ3v) is 10.4. The van der Waals surface area contributed by atoms with Crippen LogP contribution >= 0.6 is 11.6 Å². The normalized spacial score (nSPS) is 21.2. The van der Waals surface area contributed by atoms with Gasteiger partial charge in [-0.15, -0.1) is 0 Å². The van der Waals surface area contributed by atoms with E-state index in [0.717, 1.165) is 5.56 Å². The van der Waals surface area contributed by atoms with Gasteiger partial charge in [0.25, 0.3) is 15.9 Å². The molecule has 2 aliphatic heterocycles. The van der Waals surface area contributed by atoms with Crippen molar-refractivity contribution in [2.45, 2.75) is 35.9 Å². The van der Waals surface area contributed by atoms with Crippen LogP contribution in [0.15, 0.2) is 53.4 Å². The molecule has 46 heavy (non-hydrogen) atoms. The molecule has 14 heteroatoms. The minimum atomic E-state index is -4.77. The zero-order chi connectivity index (χ0) is 33.7. The van der Waals surface area contributed by atoms with Crippen LogP contribution in [-0.4, -0.2) is 96.4 Å². The van der Waals surface area contributed by atoms with Gasteiger partial charge in [-0.2, -0.15) is 0 Å². The number of amides is 2. The van der Waals surface area contributed by atoms with Crippen molar-refractivity contribution < 1.29 is 42.1 Å². The first kappa shape index (κ1) is 33.3. The highest BCUT2D eigenvalue weighted by Crippen LogP contribution is 2.55. The summed E-state index contributed by atoms with van der Waals surface area (Å²) in [6, 6.07) is 11.2. The summed E-state index contributed by atoms with van der Waals surface area (Å²) >= 11 is 6.57. The topological polar surface area (TPSA) is 135 Å². The van der Waals surface area contributed by atoms with Crippen LogP contribution in [0, 0.1) is 6.92 Å². The number of methoxy groups -OCH3 is 4. The molecule has 12 nitrogen and oxygen atoms in total. The first-order chi connectivity index (χ1) is 21.8. The molecule has 2 amide bonds. The Hall–Kier alpha value is -4.04. The standard InChI is InChI=1S/C32H36ClN3O9S/c1-18-8-11-25(42-4)22(12-18)32(35-17-20(37)14-24(35)30(38)34(2)3)21-13-19(33)9-10-23(21)36(31(32)39)46(40,41)29-16-27(44-6)26(43-5)15-28(29)45-7/h8-13,15-16,20,24,37H,14,17H2,1-7H3/t20-,24+,32?/m1/s1. The van der Waals surface area contributed by atoms with E-state index in [0.29, 0.717) is 4.31 Å². The minimum absolute atomic E-state index is 0.00627. The molecule has 0 saturated carbocycles. The molecule has 0 spiro atoms. The van der Waals surface area contributed by atoms with Gasteiger partial charge >= 0.3 is 0 Å². The molecule has 0 aliphatic carbocycles. The van der Waals surface area contributed by atoms with Gasteiger partial charge in [-0.3, -0.25) is 14.5 Å². The van der Waals surface area contributed by atoms with Gasteiger partial charge in [0, 0.05) is 48.9 Å². The minimum Gasteiger partial charge on any atom is -0.496 e. The third-order valence-electron chi connectivity index (χ3n) is 8.43. The molecule has 5 rings (SSSR count). The molecule has 1 N–H and O–H groups in total. The molecule has 1 unspecified atom stereocenters. The Labute approximate surface area is 273 Å². The van der Waals surface area contributed by atoms with E-state index in [2.05, 4.69) is 0 Å². The second kappa shape index (κ2) is 12.3. The van der Waals surface area contributed by atoms with Crippen molar-refractivity contribution in [2.24, 2.45) is 0 Å². The first-order valence-corrected chi connectivity index (χ1v) is 16.1. The molecule has 3 aromatic carbocycles. The average Bonchev–Trinajstić information content (AvgIpc) is 3.54. The maximum atomic E-state index is 15.4. The number of hydrogen-bond donors (Lipinski definition) is 1. The summed E-state index contributed by atoms with van der Waals surface area (Å²) in [5.41, 5.74) is -0.756. The van der Waals surface area contributed by atoms with Crippen LogP contribution in [0.5, 0.6) is 23.0 Å². The largest absolute Gasteiger partial charge is 0.496 e. The Kier molecular flexibility index (Phi) is 8.90. The van der Waals surface area contributed by atoms with Gasteiger partial charge in [0.2, 0.25) is 5.91 Å². The highest BCUT2D eigenvalue weighted by Gasteiger charge is 2.64. The predicted molar refractivity (Wildman–Crippen MR) is 171 cm³/mol. The molecule has 3 atom stereocenters. The zero-order valence-electron chi connectivity index (χ0n) is 26.5. The number of halogens is 1. The van der Waals surface area contributed by atoms with Gasteiger partial charge in [0.1, 0.15) is 16.4 Å². The summed E-state index contributed by atoms with van der Waals surface area (Å²) in [6.45, 7) is 1.69. The number of likely N-dealkylation sites (tertiary alicyclic amines) is 1. The fourth-order valence-corrected chi connectivity index (χ4v) is 8.19. The van der Waals surface area contributed by atoms with E-state index >= 15 is 4.79 Å². The summed E-state index contributed by atoms with van der Waals surface area (Å²) in [4.78, 5) is 31.7. The summed E-state index contributed by atoms with van der Waals surface area (Å²) in [6.07, 6.45) is -1.000. The van der Waals surface area contributed by atoms with Crippen molar-refractivity contribution >= 4 is 39.1 Å². The summed E-state index contributed by atoms with van der Waals surface area (Å²) < 4.78 is 52.3. The highest BCUT2D eigenvalue weighted by molar-refractivity contribution is 7.93. The number of ether oxygens (including phenoxy) is 4. The first-order valence-electron chi connectivity index (χ1n) is 14.3. The number of rotatable bonds is 9. The van der Waals surface area contributed by atoms with Gasteiger partial charge < -0.3 is 29.0 Å². The number of nitrogens with zero attached hydrogens (tertiary/aromatic N) is 3. The van der Waals surface area contributed by atoms with Crippen molar-refractivity contribution in [1.29, 1.82) is 0 Å². The smallest absolute Gasteiger partial charge is 0.274 e. The number of hydrogen-bond acceptors (Lipinski definition) is 10.